The summed E-state index contributed by atoms with van der Waals surface area (Å²) < 4.78 is 5.39. The molecule has 1 aliphatic heterocycles. The summed E-state index contributed by atoms with van der Waals surface area (Å²) in [5, 5.41) is 20.4. The van der Waals surface area contributed by atoms with E-state index in [2.05, 4.69) is 0 Å². The number of anilines is 1. The van der Waals surface area contributed by atoms with Gasteiger partial charge in [-0.3, -0.25) is 19.8 Å². The van der Waals surface area contributed by atoms with Gasteiger partial charge >= 0.3 is 0 Å². The summed E-state index contributed by atoms with van der Waals surface area (Å²) in [4.78, 5) is 24.7. The molecule has 1 N–H and O–H groups in total. The van der Waals surface area contributed by atoms with E-state index in [1.54, 1.807) is 18.2 Å². The van der Waals surface area contributed by atoms with Crippen LogP contribution < -0.4 is 9.64 Å². The lowest BCUT2D eigenvalue weighted by molar-refractivity contribution is -0.384. The first kappa shape index (κ1) is 17.9. The summed E-state index contributed by atoms with van der Waals surface area (Å²) in [6.07, 6.45) is 1.65. The van der Waals surface area contributed by atoms with Crippen LogP contribution in [0.3, 0.4) is 0 Å². The highest BCUT2D eigenvalue weighted by Crippen LogP contribution is 2.37. The summed E-state index contributed by atoms with van der Waals surface area (Å²) in [5.41, 5.74) is 1.07. The van der Waals surface area contributed by atoms with Gasteiger partial charge in [-0.2, -0.15) is 0 Å². The summed E-state index contributed by atoms with van der Waals surface area (Å²) in [6.45, 7) is 0. The van der Waals surface area contributed by atoms with Crippen LogP contribution in [-0.4, -0.2) is 27.4 Å². The fourth-order valence-corrected chi connectivity index (χ4v) is 3.65. The minimum absolute atomic E-state index is 0.00285. The molecule has 3 rings (SSSR count). The van der Waals surface area contributed by atoms with Crippen molar-refractivity contribution in [3.05, 3.63) is 63.0 Å². The van der Waals surface area contributed by atoms with Crippen molar-refractivity contribution in [3.8, 4) is 11.5 Å². The van der Waals surface area contributed by atoms with Gasteiger partial charge in [-0.25, -0.2) is 0 Å². The Bertz CT molecular complexity index is 941. The fourth-order valence-electron chi connectivity index (χ4n) is 2.35. The zero-order valence-corrected chi connectivity index (χ0v) is 15.0. The van der Waals surface area contributed by atoms with Crippen molar-refractivity contribution < 1.29 is 19.6 Å². The highest BCUT2D eigenvalue weighted by Gasteiger charge is 2.33. The lowest BCUT2D eigenvalue weighted by Gasteiger charge is -2.13. The summed E-state index contributed by atoms with van der Waals surface area (Å²) in [6, 6.07) is 10.3. The van der Waals surface area contributed by atoms with Crippen molar-refractivity contribution in [2.24, 2.45) is 0 Å². The van der Waals surface area contributed by atoms with Gasteiger partial charge < -0.3 is 9.84 Å². The topological polar surface area (TPSA) is 92.9 Å². The Morgan fingerprint density at radius 1 is 1.27 bits per heavy atom. The van der Waals surface area contributed by atoms with Crippen molar-refractivity contribution >= 4 is 51.7 Å². The maximum absolute atomic E-state index is 12.7. The lowest BCUT2D eigenvalue weighted by atomic mass is 10.2. The molecule has 132 valence electrons. The van der Waals surface area contributed by atoms with Crippen LogP contribution in [0.2, 0.25) is 0 Å². The van der Waals surface area contributed by atoms with Gasteiger partial charge in [-0.1, -0.05) is 30.0 Å². The Kier molecular flexibility index (Phi) is 4.92. The third-order valence-electron chi connectivity index (χ3n) is 3.61. The summed E-state index contributed by atoms with van der Waals surface area (Å²) in [5.74, 6) is -0.0198. The predicted molar refractivity (Wildman–Crippen MR) is 103 cm³/mol. The third-order valence-corrected chi connectivity index (χ3v) is 4.92. The van der Waals surface area contributed by atoms with Gasteiger partial charge in [0.2, 0.25) is 0 Å². The Morgan fingerprint density at radius 3 is 2.58 bits per heavy atom. The SMILES string of the molecule is COc1cc(/C=C2\SC(=S)N(c3ccc([N+](=O)[O-])cc3)C2=O)ccc1O. The summed E-state index contributed by atoms with van der Waals surface area (Å²) >= 11 is 6.41. The first-order valence-corrected chi connectivity index (χ1v) is 8.52. The van der Waals surface area contributed by atoms with Crippen molar-refractivity contribution in [1.82, 2.24) is 0 Å². The number of phenolic OH excluding ortho intramolecular Hbond substituents is 1. The third kappa shape index (κ3) is 3.39. The van der Waals surface area contributed by atoms with Gasteiger partial charge in [0.1, 0.15) is 0 Å². The number of non-ortho nitro benzene ring substituents is 1. The second-order valence-corrected chi connectivity index (χ2v) is 6.90. The standard InChI is InChI=1S/C17H12N2O5S2/c1-24-14-8-10(2-7-13(14)20)9-15-16(21)18(17(25)26-15)11-3-5-12(6-4-11)19(22)23/h2-9,20H,1H3/b15-9-. The average Bonchev–Trinajstić information content (AvgIpc) is 2.90. The number of ether oxygens (including phenoxy) is 1. The number of nitro benzene ring substituents is 1. The molecule has 0 aromatic heterocycles. The monoisotopic (exact) mass is 388 g/mol. The Balaban J connectivity index is 1.90. The molecule has 1 amide bonds. The number of carbonyl (C=O) groups is 1. The minimum Gasteiger partial charge on any atom is -0.504 e. The van der Waals surface area contributed by atoms with E-state index >= 15 is 0 Å². The molecular formula is C17H12N2O5S2. The van der Waals surface area contributed by atoms with Crippen LogP contribution in [0.15, 0.2) is 47.4 Å². The molecule has 0 spiro atoms. The van der Waals surface area contributed by atoms with Crippen molar-refractivity contribution in [1.29, 1.82) is 0 Å². The van der Waals surface area contributed by atoms with Crippen LogP contribution in [0.25, 0.3) is 6.08 Å². The predicted octanol–water partition coefficient (Wildman–Crippen LogP) is 3.71. The van der Waals surface area contributed by atoms with Gasteiger partial charge in [0.05, 0.1) is 22.6 Å². The van der Waals surface area contributed by atoms with Crippen molar-refractivity contribution in [3.63, 3.8) is 0 Å². The molecule has 7 nitrogen and oxygen atoms in total. The van der Waals surface area contributed by atoms with Gasteiger partial charge in [0, 0.05) is 12.1 Å². The number of rotatable bonds is 4. The van der Waals surface area contributed by atoms with Gasteiger partial charge in [-0.15, -0.1) is 0 Å². The number of thioether (sulfide) groups is 1. The Hall–Kier alpha value is -2.91. The molecule has 0 radical (unpaired) electrons. The number of carbonyl (C=O) groups excluding carboxylic acids is 1. The molecule has 1 heterocycles. The molecule has 0 bridgehead atoms. The maximum Gasteiger partial charge on any atom is 0.270 e. The second kappa shape index (κ2) is 7.14. The Labute approximate surface area is 158 Å². The number of benzene rings is 2. The average molecular weight is 388 g/mol. The number of methoxy groups -OCH3 is 1. The highest BCUT2D eigenvalue weighted by molar-refractivity contribution is 8.27. The number of amides is 1. The molecule has 1 saturated heterocycles. The zero-order valence-electron chi connectivity index (χ0n) is 13.4. The molecule has 0 atom stereocenters. The molecule has 0 aliphatic carbocycles. The van der Waals surface area contributed by atoms with Crippen LogP contribution in [0, 0.1) is 10.1 Å². The quantitative estimate of drug-likeness (QED) is 0.369. The Morgan fingerprint density at radius 2 is 1.96 bits per heavy atom. The molecule has 1 aliphatic rings. The lowest BCUT2D eigenvalue weighted by Crippen LogP contribution is -2.27. The normalized spacial score (nSPS) is 15.6. The molecular weight excluding hydrogens is 376 g/mol. The maximum atomic E-state index is 12.7. The number of hydrogen-bond donors (Lipinski definition) is 1. The number of phenols is 1. The van der Waals surface area contributed by atoms with Crippen LogP contribution in [0.5, 0.6) is 11.5 Å². The van der Waals surface area contributed by atoms with E-state index in [1.165, 1.54) is 42.3 Å². The zero-order chi connectivity index (χ0) is 18.8. The van der Waals surface area contributed by atoms with E-state index in [0.717, 1.165) is 11.8 Å². The molecule has 0 saturated carbocycles. The van der Waals surface area contributed by atoms with Crippen LogP contribution >= 0.6 is 24.0 Å². The molecule has 9 heteroatoms. The fraction of sp³-hybridized carbons (Fsp3) is 0.0588. The van der Waals surface area contributed by atoms with E-state index in [9.17, 15) is 20.0 Å². The molecule has 0 unspecified atom stereocenters. The summed E-state index contributed by atoms with van der Waals surface area (Å²) in [7, 11) is 1.44. The van der Waals surface area contributed by atoms with Crippen LogP contribution in [0.4, 0.5) is 11.4 Å². The van der Waals surface area contributed by atoms with Crippen LogP contribution in [-0.2, 0) is 4.79 Å². The molecule has 26 heavy (non-hydrogen) atoms. The van der Waals surface area contributed by atoms with Gasteiger partial charge in [0.15, 0.2) is 15.8 Å². The van der Waals surface area contributed by atoms with Crippen molar-refractivity contribution in [2.45, 2.75) is 0 Å². The number of hydrogen-bond acceptors (Lipinski definition) is 7. The largest absolute Gasteiger partial charge is 0.504 e. The second-order valence-electron chi connectivity index (χ2n) is 5.22. The minimum atomic E-state index is -0.508. The number of thiocarbonyl (C=S) groups is 1. The molecule has 2 aromatic carbocycles. The molecule has 1 fully saturated rings. The first-order valence-electron chi connectivity index (χ1n) is 7.30. The van der Waals surface area contributed by atoms with E-state index in [4.69, 9.17) is 17.0 Å². The van der Waals surface area contributed by atoms with Crippen molar-refractivity contribution in [2.75, 3.05) is 12.0 Å². The number of nitro groups is 1. The van der Waals surface area contributed by atoms with E-state index in [-0.39, 0.29) is 17.3 Å². The number of aromatic hydroxyl groups is 1. The number of nitrogens with zero attached hydrogens (tertiary/aromatic N) is 2. The van der Waals surface area contributed by atoms with Gasteiger partial charge in [-0.05, 0) is 35.9 Å². The molecule has 2 aromatic rings. The highest BCUT2D eigenvalue weighted by atomic mass is 32.2. The first-order chi connectivity index (χ1) is 12.4. The van der Waals surface area contributed by atoms with Gasteiger partial charge in [0.25, 0.3) is 11.6 Å². The van der Waals surface area contributed by atoms with E-state index in [1.807, 2.05) is 0 Å². The van der Waals surface area contributed by atoms with Crippen LogP contribution in [0.1, 0.15) is 5.56 Å². The van der Waals surface area contributed by atoms with E-state index < -0.39 is 4.92 Å². The van der Waals surface area contributed by atoms with E-state index in [0.29, 0.717) is 26.2 Å². The smallest absolute Gasteiger partial charge is 0.270 e.